The van der Waals surface area contributed by atoms with E-state index in [0.29, 0.717) is 0 Å². The Labute approximate surface area is 106 Å². The fraction of sp³-hybridized carbons (Fsp3) is 0.312. The first kappa shape index (κ1) is 10.2. The molecule has 4 rings (SSSR count). The predicted molar refractivity (Wildman–Crippen MR) is 69.6 cm³/mol. The molecule has 0 fully saturated rings. The zero-order valence-corrected chi connectivity index (χ0v) is 10.5. The summed E-state index contributed by atoms with van der Waals surface area (Å²) in [6.45, 7) is 3.09. The lowest BCUT2D eigenvalue weighted by Gasteiger charge is -2.06. The molecule has 0 radical (unpaired) electrons. The average Bonchev–Trinajstić information content (AvgIpc) is 2.91. The summed E-state index contributed by atoms with van der Waals surface area (Å²) in [6.07, 6.45) is 3.74. The van der Waals surface area contributed by atoms with Gasteiger partial charge < -0.3 is 0 Å². The van der Waals surface area contributed by atoms with Gasteiger partial charge in [-0.3, -0.25) is 0 Å². The maximum absolute atomic E-state index is 13.4. The molecule has 0 N–H and O–H groups in total. The molecule has 1 aromatic carbocycles. The lowest BCUT2D eigenvalue weighted by Crippen LogP contribution is -2.36. The van der Waals surface area contributed by atoms with Gasteiger partial charge in [0.15, 0.2) is 6.54 Å². The molecule has 0 unspecified atom stereocenters. The van der Waals surface area contributed by atoms with Crippen LogP contribution in [0.25, 0.3) is 16.5 Å². The Morgan fingerprint density at radius 3 is 2.94 bits per heavy atom. The highest BCUT2D eigenvalue weighted by Gasteiger charge is 2.33. The van der Waals surface area contributed by atoms with Crippen LogP contribution in [0.15, 0.2) is 29.8 Å². The highest BCUT2D eigenvalue weighted by molar-refractivity contribution is 5.82. The van der Waals surface area contributed by atoms with Crippen LogP contribution in [-0.2, 0) is 6.54 Å². The molecule has 0 atom stereocenters. The molecule has 0 spiro atoms. The van der Waals surface area contributed by atoms with Crippen molar-refractivity contribution >= 4 is 16.5 Å². The van der Waals surface area contributed by atoms with E-state index in [9.17, 15) is 4.39 Å². The molecule has 2 heterocycles. The van der Waals surface area contributed by atoms with Crippen LogP contribution in [0, 0.1) is 12.7 Å². The molecule has 2 heteroatoms. The van der Waals surface area contributed by atoms with Crippen LogP contribution in [0.4, 0.5) is 4.39 Å². The van der Waals surface area contributed by atoms with Crippen molar-refractivity contribution < 1.29 is 8.96 Å². The van der Waals surface area contributed by atoms with Crippen LogP contribution in [0.2, 0.25) is 0 Å². The summed E-state index contributed by atoms with van der Waals surface area (Å²) >= 11 is 0. The zero-order chi connectivity index (χ0) is 12.3. The number of benzene rings is 1. The molecular weight excluding hydrogens is 225 g/mol. The van der Waals surface area contributed by atoms with Gasteiger partial charge in [0.05, 0.1) is 5.39 Å². The van der Waals surface area contributed by atoms with E-state index in [4.69, 9.17) is 0 Å². The Balaban J connectivity index is 2.06. The lowest BCUT2D eigenvalue weighted by molar-refractivity contribution is -0.660. The molecule has 90 valence electrons. The number of allylic oxidation sites excluding steroid dienone is 2. The van der Waals surface area contributed by atoms with Crippen LogP contribution >= 0.6 is 0 Å². The summed E-state index contributed by atoms with van der Waals surface area (Å²) < 4.78 is 15.7. The van der Waals surface area contributed by atoms with Crippen LogP contribution in [0.1, 0.15) is 30.5 Å². The number of aromatic nitrogens is 1. The second-order valence-corrected chi connectivity index (χ2v) is 5.40. The third kappa shape index (κ3) is 1.23. The van der Waals surface area contributed by atoms with Crippen molar-refractivity contribution in [3.63, 3.8) is 0 Å². The van der Waals surface area contributed by atoms with Crippen molar-refractivity contribution in [2.45, 2.75) is 32.7 Å². The fourth-order valence-corrected chi connectivity index (χ4v) is 3.45. The normalized spacial score (nSPS) is 17.4. The summed E-state index contributed by atoms with van der Waals surface area (Å²) in [4.78, 5) is 0. The Morgan fingerprint density at radius 2 is 2.06 bits per heavy atom. The highest BCUT2D eigenvalue weighted by atomic mass is 19.1. The molecule has 1 nitrogen and oxygen atoms in total. The van der Waals surface area contributed by atoms with Crippen molar-refractivity contribution in [2.75, 3.05) is 0 Å². The maximum Gasteiger partial charge on any atom is 0.213 e. The third-order valence-electron chi connectivity index (χ3n) is 4.31. The van der Waals surface area contributed by atoms with Crippen molar-refractivity contribution in [1.29, 1.82) is 0 Å². The molecule has 2 aliphatic rings. The lowest BCUT2D eigenvalue weighted by atomic mass is 10.0. The molecule has 0 amide bonds. The Bertz CT molecular complexity index is 713. The van der Waals surface area contributed by atoms with Crippen molar-refractivity contribution in [3.8, 4) is 0 Å². The second-order valence-electron chi connectivity index (χ2n) is 5.40. The molecular formula is C16H15FN+. The Morgan fingerprint density at radius 1 is 1.17 bits per heavy atom. The molecule has 2 aromatic rings. The van der Waals surface area contributed by atoms with Gasteiger partial charge in [0.2, 0.25) is 11.2 Å². The SMILES string of the molecule is Cc1cc2[n+](c3ccc(F)cc13)CC1=C2CCC1. The van der Waals surface area contributed by atoms with Crippen LogP contribution < -0.4 is 4.57 Å². The van der Waals surface area contributed by atoms with Gasteiger partial charge >= 0.3 is 0 Å². The zero-order valence-electron chi connectivity index (χ0n) is 10.5. The summed E-state index contributed by atoms with van der Waals surface area (Å²) in [6, 6.07) is 7.37. The van der Waals surface area contributed by atoms with E-state index in [2.05, 4.69) is 17.6 Å². The van der Waals surface area contributed by atoms with Gasteiger partial charge in [-0.25, -0.2) is 4.39 Å². The van der Waals surface area contributed by atoms with E-state index in [1.54, 1.807) is 23.3 Å². The number of rotatable bonds is 0. The summed E-state index contributed by atoms with van der Waals surface area (Å²) in [7, 11) is 0. The standard InChI is InChI=1S/C16H15FN/c1-10-7-16-13-4-2-3-11(13)9-18(16)15-6-5-12(17)8-14(10)15/h5-8H,2-4,9H2,1H3/q+1. The van der Waals surface area contributed by atoms with Gasteiger partial charge in [0.25, 0.3) is 0 Å². The van der Waals surface area contributed by atoms with Gasteiger partial charge in [-0.15, -0.1) is 0 Å². The van der Waals surface area contributed by atoms with Crippen molar-refractivity contribution in [1.82, 2.24) is 0 Å². The minimum atomic E-state index is -0.148. The van der Waals surface area contributed by atoms with Crippen LogP contribution in [-0.4, -0.2) is 0 Å². The van der Waals surface area contributed by atoms with Crippen LogP contribution in [0.5, 0.6) is 0 Å². The molecule has 0 saturated heterocycles. The number of halogens is 1. The second kappa shape index (κ2) is 3.41. The first-order chi connectivity index (χ1) is 8.74. The van der Waals surface area contributed by atoms with Gasteiger partial charge in [0.1, 0.15) is 5.82 Å². The van der Waals surface area contributed by atoms with Gasteiger partial charge in [0, 0.05) is 23.3 Å². The highest BCUT2D eigenvalue weighted by Crippen LogP contribution is 2.37. The molecule has 1 aliphatic heterocycles. The van der Waals surface area contributed by atoms with Gasteiger partial charge in [-0.05, 0) is 43.9 Å². The van der Waals surface area contributed by atoms with E-state index < -0.39 is 0 Å². The predicted octanol–water partition coefficient (Wildman–Crippen LogP) is 3.53. The first-order valence-electron chi connectivity index (χ1n) is 6.58. The largest absolute Gasteiger partial charge is 0.213 e. The minimum Gasteiger partial charge on any atom is -0.207 e. The van der Waals surface area contributed by atoms with E-state index in [1.807, 2.05) is 6.07 Å². The topological polar surface area (TPSA) is 3.88 Å². The van der Waals surface area contributed by atoms with E-state index in [-0.39, 0.29) is 5.82 Å². The first-order valence-corrected chi connectivity index (χ1v) is 6.58. The maximum atomic E-state index is 13.4. The van der Waals surface area contributed by atoms with Crippen molar-refractivity contribution in [3.05, 3.63) is 46.9 Å². The number of nitrogens with zero attached hydrogens (tertiary/aromatic N) is 1. The molecule has 1 aromatic heterocycles. The summed E-state index contributed by atoms with van der Waals surface area (Å²) in [5.74, 6) is -0.148. The van der Waals surface area contributed by atoms with E-state index in [0.717, 1.165) is 11.9 Å². The smallest absolute Gasteiger partial charge is 0.207 e. The Kier molecular flexibility index (Phi) is 1.94. The van der Waals surface area contributed by atoms with Gasteiger partial charge in [-0.1, -0.05) is 0 Å². The molecule has 1 aliphatic carbocycles. The third-order valence-corrected chi connectivity index (χ3v) is 4.31. The number of fused-ring (bicyclic) bond motifs is 4. The fourth-order valence-electron chi connectivity index (χ4n) is 3.45. The Hall–Kier alpha value is -1.70. The van der Waals surface area contributed by atoms with Crippen molar-refractivity contribution in [2.24, 2.45) is 0 Å². The van der Waals surface area contributed by atoms with E-state index >= 15 is 0 Å². The minimum absolute atomic E-state index is 0.148. The number of aryl methyl sites for hydroxylation is 1. The molecule has 0 saturated carbocycles. The monoisotopic (exact) mass is 240 g/mol. The number of hydrogen-bond donors (Lipinski definition) is 0. The number of hydrogen-bond acceptors (Lipinski definition) is 0. The summed E-state index contributed by atoms with van der Waals surface area (Å²) in [5, 5.41) is 1.04. The summed E-state index contributed by atoms with van der Waals surface area (Å²) in [5.41, 5.74) is 6.84. The van der Waals surface area contributed by atoms with E-state index in [1.165, 1.54) is 36.0 Å². The molecule has 18 heavy (non-hydrogen) atoms. The number of pyridine rings is 1. The van der Waals surface area contributed by atoms with Gasteiger partial charge in [-0.2, -0.15) is 4.57 Å². The quantitative estimate of drug-likeness (QED) is 0.620. The molecule has 0 bridgehead atoms. The average molecular weight is 240 g/mol. The van der Waals surface area contributed by atoms with Crippen LogP contribution in [0.3, 0.4) is 0 Å².